The maximum atomic E-state index is 13.3. The van der Waals surface area contributed by atoms with Crippen molar-refractivity contribution < 1.29 is 28.0 Å². The summed E-state index contributed by atoms with van der Waals surface area (Å²) in [6.07, 6.45) is 0. The molecule has 1 aliphatic rings. The van der Waals surface area contributed by atoms with Crippen molar-refractivity contribution in [3.8, 4) is 0 Å². The fourth-order valence-corrected chi connectivity index (χ4v) is 4.88. The van der Waals surface area contributed by atoms with Crippen LogP contribution < -0.4 is 5.32 Å². The molecular weight excluding hydrogens is 402 g/mol. The lowest BCUT2D eigenvalue weighted by Gasteiger charge is -2.32. The average Bonchev–Trinajstić information content (AvgIpc) is 2.64. The molecule has 0 saturated carbocycles. The van der Waals surface area contributed by atoms with Crippen molar-refractivity contribution in [3.05, 3.63) is 61.8 Å². The van der Waals surface area contributed by atoms with Gasteiger partial charge in [0.05, 0.1) is 27.9 Å². The summed E-state index contributed by atoms with van der Waals surface area (Å²) in [5, 5.41) is 23.8. The van der Waals surface area contributed by atoms with Crippen LogP contribution in [0.1, 0.15) is 25.3 Å². The Morgan fingerprint density at radius 3 is 2.55 bits per heavy atom. The van der Waals surface area contributed by atoms with Crippen molar-refractivity contribution in [3.63, 3.8) is 0 Å². The molecule has 2 rings (SSSR count). The summed E-state index contributed by atoms with van der Waals surface area (Å²) in [7, 11) is -1.30. The zero-order valence-corrected chi connectivity index (χ0v) is 17.3. The monoisotopic (exact) mass is 425 g/mol. The third-order valence-electron chi connectivity index (χ3n) is 4.64. The Morgan fingerprint density at radius 1 is 1.34 bits per heavy atom. The summed E-state index contributed by atoms with van der Waals surface area (Å²) >= 11 is 0. The molecule has 0 aliphatic carbocycles. The van der Waals surface area contributed by atoms with Crippen molar-refractivity contribution in [1.82, 2.24) is 9.62 Å². The summed E-state index contributed by atoms with van der Waals surface area (Å²) < 4.78 is 32.6. The van der Waals surface area contributed by atoms with Crippen LogP contribution in [0, 0.1) is 10.1 Å². The molecule has 1 aliphatic heterocycles. The fourth-order valence-electron chi connectivity index (χ4n) is 3.24. The number of methoxy groups -OCH3 is 1. The number of likely N-dealkylation sites (N-methyl/N-ethyl adjacent to an activating group) is 1. The van der Waals surface area contributed by atoms with Gasteiger partial charge in [0.2, 0.25) is 10.0 Å². The van der Waals surface area contributed by atoms with E-state index >= 15 is 0 Å². The first-order valence-electron chi connectivity index (χ1n) is 8.63. The molecular formula is C18H23N3O7S. The number of dihydropyridines is 1. The van der Waals surface area contributed by atoms with Gasteiger partial charge in [-0.25, -0.2) is 13.2 Å². The zero-order valence-electron chi connectivity index (χ0n) is 16.5. The molecule has 11 heteroatoms. The molecule has 0 spiro atoms. The number of allylic oxidation sites excluding steroid dienone is 3. The topological polar surface area (TPSA) is 139 Å². The molecule has 0 fully saturated rings. The number of nitrogens with zero attached hydrogens (tertiary/aromatic N) is 2. The van der Waals surface area contributed by atoms with E-state index in [1.165, 1.54) is 52.3 Å². The minimum absolute atomic E-state index is 0.0579. The minimum Gasteiger partial charge on any atom is -0.478 e. The van der Waals surface area contributed by atoms with Gasteiger partial charge in [0, 0.05) is 44.2 Å². The highest BCUT2D eigenvalue weighted by atomic mass is 32.2. The standard InChI is InChI=1S/C18H23N3O7S/c1-11-15(18(22)23)16(13-6-5-7-14(10-13)21(24)25)17(12(2)19-11)29(26,27)20(3)8-9-28-4/h5-7,10,16,19H,8-9H2,1-4H3,(H,22,23). The first-order chi connectivity index (χ1) is 13.5. The lowest BCUT2D eigenvalue weighted by molar-refractivity contribution is -0.384. The molecule has 29 heavy (non-hydrogen) atoms. The first-order valence-corrected chi connectivity index (χ1v) is 10.1. The fraction of sp³-hybridized carbons (Fsp3) is 0.389. The molecule has 0 radical (unpaired) electrons. The highest BCUT2D eigenvalue weighted by Gasteiger charge is 2.41. The van der Waals surface area contributed by atoms with E-state index < -0.39 is 26.8 Å². The zero-order chi connectivity index (χ0) is 21.9. The Bertz CT molecular complexity index is 998. The number of benzene rings is 1. The normalized spacial score (nSPS) is 17.5. The van der Waals surface area contributed by atoms with Gasteiger partial charge in [-0.05, 0) is 19.4 Å². The summed E-state index contributed by atoms with van der Waals surface area (Å²) in [5.74, 6) is -2.52. The van der Waals surface area contributed by atoms with E-state index in [0.717, 1.165) is 4.31 Å². The van der Waals surface area contributed by atoms with E-state index in [9.17, 15) is 28.4 Å². The number of nitro groups is 1. The predicted molar refractivity (Wildman–Crippen MR) is 105 cm³/mol. The number of rotatable bonds is 8. The third kappa shape index (κ3) is 4.47. The highest BCUT2D eigenvalue weighted by Crippen LogP contribution is 2.42. The smallest absolute Gasteiger partial charge is 0.334 e. The van der Waals surface area contributed by atoms with E-state index in [1.807, 2.05) is 0 Å². The van der Waals surface area contributed by atoms with Crippen LogP contribution in [0.4, 0.5) is 5.69 Å². The van der Waals surface area contributed by atoms with Crippen LogP contribution in [0.25, 0.3) is 0 Å². The summed E-state index contributed by atoms with van der Waals surface area (Å²) in [6, 6.07) is 5.34. The van der Waals surface area contributed by atoms with Crippen LogP contribution >= 0.6 is 0 Å². The van der Waals surface area contributed by atoms with Crippen molar-refractivity contribution in [2.75, 3.05) is 27.3 Å². The number of aliphatic carboxylic acids is 1. The molecule has 1 atom stereocenters. The Labute approximate surface area is 168 Å². The molecule has 1 heterocycles. The van der Waals surface area contributed by atoms with Gasteiger partial charge >= 0.3 is 5.97 Å². The maximum absolute atomic E-state index is 13.3. The number of carboxylic acids is 1. The van der Waals surface area contributed by atoms with Crippen LogP contribution in [0.3, 0.4) is 0 Å². The molecule has 10 nitrogen and oxygen atoms in total. The number of carboxylic acid groups (broad SMARTS) is 1. The molecule has 0 saturated heterocycles. The van der Waals surface area contributed by atoms with Crippen LogP contribution in [0.5, 0.6) is 0 Å². The number of hydrogen-bond donors (Lipinski definition) is 2. The Hall–Kier alpha value is -2.76. The molecule has 0 amide bonds. The number of ether oxygens (including phenoxy) is 1. The number of nitro benzene ring substituents is 1. The number of carbonyl (C=O) groups is 1. The summed E-state index contributed by atoms with van der Waals surface area (Å²) in [4.78, 5) is 22.4. The van der Waals surface area contributed by atoms with Crippen LogP contribution in [0.2, 0.25) is 0 Å². The van der Waals surface area contributed by atoms with Gasteiger partial charge in [-0.2, -0.15) is 4.31 Å². The summed E-state index contributed by atoms with van der Waals surface area (Å²) in [5.41, 5.74) is 0.286. The van der Waals surface area contributed by atoms with Gasteiger partial charge in [-0.1, -0.05) is 12.1 Å². The van der Waals surface area contributed by atoms with Gasteiger partial charge < -0.3 is 15.2 Å². The second kappa shape index (κ2) is 8.72. The SMILES string of the molecule is COCCN(C)S(=O)(=O)C1=C(C)NC(C)=C(C(=O)O)C1c1cccc([N+](=O)[O-])c1. The Balaban J connectivity index is 2.73. The quantitative estimate of drug-likeness (QED) is 0.475. The van der Waals surface area contributed by atoms with Crippen LogP contribution in [0.15, 0.2) is 46.1 Å². The van der Waals surface area contributed by atoms with E-state index in [0.29, 0.717) is 0 Å². The Morgan fingerprint density at radius 2 is 2.00 bits per heavy atom. The molecule has 0 bridgehead atoms. The number of non-ortho nitro benzene ring substituents is 1. The second-order valence-corrected chi connectivity index (χ2v) is 8.58. The van der Waals surface area contributed by atoms with Crippen molar-refractivity contribution >= 4 is 21.7 Å². The van der Waals surface area contributed by atoms with Crippen molar-refractivity contribution in [2.45, 2.75) is 19.8 Å². The third-order valence-corrected chi connectivity index (χ3v) is 6.74. The highest BCUT2D eigenvalue weighted by molar-refractivity contribution is 7.93. The van der Waals surface area contributed by atoms with Crippen molar-refractivity contribution in [1.29, 1.82) is 0 Å². The van der Waals surface area contributed by atoms with Gasteiger partial charge in [0.1, 0.15) is 0 Å². The van der Waals surface area contributed by atoms with E-state index in [2.05, 4.69) is 5.32 Å². The number of hydrogen-bond acceptors (Lipinski definition) is 7. The van der Waals surface area contributed by atoms with Gasteiger partial charge in [-0.15, -0.1) is 0 Å². The van der Waals surface area contributed by atoms with Gasteiger partial charge in [-0.3, -0.25) is 10.1 Å². The van der Waals surface area contributed by atoms with Gasteiger partial charge in [0.25, 0.3) is 5.69 Å². The number of sulfonamides is 1. The average molecular weight is 425 g/mol. The van der Waals surface area contributed by atoms with E-state index in [4.69, 9.17) is 4.74 Å². The largest absolute Gasteiger partial charge is 0.478 e. The van der Waals surface area contributed by atoms with E-state index in [1.54, 1.807) is 0 Å². The molecule has 1 aromatic rings. The van der Waals surface area contributed by atoms with Crippen LogP contribution in [-0.4, -0.2) is 56.0 Å². The maximum Gasteiger partial charge on any atom is 0.334 e. The second-order valence-electron chi connectivity index (χ2n) is 6.56. The molecule has 1 aromatic carbocycles. The molecule has 0 aromatic heterocycles. The lowest BCUT2D eigenvalue weighted by Crippen LogP contribution is -2.38. The predicted octanol–water partition coefficient (Wildman–Crippen LogP) is 1.78. The lowest BCUT2D eigenvalue weighted by atomic mass is 9.86. The first kappa shape index (κ1) is 22.5. The number of nitrogens with one attached hydrogen (secondary N) is 1. The molecule has 2 N–H and O–H groups in total. The summed E-state index contributed by atoms with van der Waals surface area (Å²) in [6.45, 7) is 3.26. The van der Waals surface area contributed by atoms with Crippen molar-refractivity contribution in [2.24, 2.45) is 0 Å². The molecule has 158 valence electrons. The molecule has 1 unspecified atom stereocenters. The van der Waals surface area contributed by atoms with E-state index in [-0.39, 0.29) is 46.3 Å². The Kier molecular flexibility index (Phi) is 6.77. The van der Waals surface area contributed by atoms with Crippen LogP contribution in [-0.2, 0) is 19.6 Å². The van der Waals surface area contributed by atoms with Gasteiger partial charge in [0.15, 0.2) is 0 Å². The minimum atomic E-state index is -4.10.